The molecule has 0 fully saturated rings. The first-order valence-corrected chi connectivity index (χ1v) is 7.07. The van der Waals surface area contributed by atoms with Crippen LogP contribution in [0.3, 0.4) is 0 Å². The van der Waals surface area contributed by atoms with Crippen LogP contribution in [-0.2, 0) is 0 Å². The van der Waals surface area contributed by atoms with Crippen molar-refractivity contribution >= 4 is 11.6 Å². The summed E-state index contributed by atoms with van der Waals surface area (Å²) in [5.74, 6) is 0.139. The number of amides is 1. The van der Waals surface area contributed by atoms with Crippen molar-refractivity contribution < 1.29 is 4.79 Å². The van der Waals surface area contributed by atoms with Crippen LogP contribution >= 0.6 is 0 Å². The van der Waals surface area contributed by atoms with E-state index in [2.05, 4.69) is 24.1 Å². The summed E-state index contributed by atoms with van der Waals surface area (Å²) in [4.78, 5) is 16.6. The van der Waals surface area contributed by atoms with Crippen LogP contribution in [0.15, 0.2) is 42.6 Å². The molecule has 1 unspecified atom stereocenters. The van der Waals surface area contributed by atoms with Gasteiger partial charge in [0, 0.05) is 0 Å². The lowest BCUT2D eigenvalue weighted by molar-refractivity contribution is 0.0924. The van der Waals surface area contributed by atoms with Gasteiger partial charge in [-0.3, -0.25) is 9.78 Å². The number of pyridine rings is 1. The Labute approximate surface area is 125 Å². The number of rotatable bonds is 4. The molecule has 0 spiro atoms. The Bertz CT molecular complexity index is 623. The van der Waals surface area contributed by atoms with Crippen LogP contribution in [0.1, 0.15) is 41.5 Å². The Kier molecular flexibility index (Phi) is 4.58. The average Bonchev–Trinajstić information content (AvgIpc) is 2.47. The highest BCUT2D eigenvalue weighted by Gasteiger charge is 2.20. The highest BCUT2D eigenvalue weighted by atomic mass is 16.1. The summed E-state index contributed by atoms with van der Waals surface area (Å²) in [5.41, 5.74) is 8.51. The molecule has 3 N–H and O–H groups in total. The largest absolute Gasteiger partial charge is 0.397 e. The van der Waals surface area contributed by atoms with Gasteiger partial charge >= 0.3 is 0 Å². The Morgan fingerprint density at radius 3 is 2.52 bits per heavy atom. The molecular weight excluding hydrogens is 262 g/mol. The molecule has 2 aromatic rings. The maximum Gasteiger partial charge on any atom is 0.253 e. The normalized spacial score (nSPS) is 12.2. The van der Waals surface area contributed by atoms with Gasteiger partial charge in [0.1, 0.15) is 0 Å². The summed E-state index contributed by atoms with van der Waals surface area (Å²) in [5, 5.41) is 3.08. The van der Waals surface area contributed by atoms with E-state index in [9.17, 15) is 4.79 Å². The third kappa shape index (κ3) is 3.60. The Balaban J connectivity index is 2.25. The zero-order valence-corrected chi connectivity index (χ0v) is 12.6. The summed E-state index contributed by atoms with van der Waals surface area (Å²) in [7, 11) is 0. The predicted octanol–water partition coefficient (Wildman–Crippen LogP) is 3.10. The molecule has 2 rings (SSSR count). The van der Waals surface area contributed by atoms with Gasteiger partial charge in [0.25, 0.3) is 5.91 Å². The highest BCUT2D eigenvalue weighted by molar-refractivity contribution is 5.96. The number of anilines is 1. The molecule has 1 aromatic carbocycles. The highest BCUT2D eigenvalue weighted by Crippen LogP contribution is 2.22. The first-order chi connectivity index (χ1) is 9.99. The van der Waals surface area contributed by atoms with Crippen LogP contribution in [0.5, 0.6) is 0 Å². The molecule has 0 saturated heterocycles. The molecule has 4 nitrogen and oxygen atoms in total. The van der Waals surface area contributed by atoms with Crippen molar-refractivity contribution in [3.8, 4) is 0 Å². The molecule has 1 amide bonds. The standard InChI is InChI=1S/C17H21N3O/c1-11(2)16(13-7-5-4-6-8-13)20-17(21)15-9-14(18)10-19-12(15)3/h4-11,16H,18H2,1-3H3,(H,20,21). The van der Waals surface area contributed by atoms with Crippen LogP contribution in [0.25, 0.3) is 0 Å². The summed E-state index contributed by atoms with van der Waals surface area (Å²) in [6.45, 7) is 5.98. The minimum absolute atomic E-state index is 0.0421. The molecule has 0 aliphatic heterocycles. The first kappa shape index (κ1) is 15.0. The third-order valence-electron chi connectivity index (χ3n) is 3.46. The molecule has 1 atom stereocenters. The fraction of sp³-hybridized carbons (Fsp3) is 0.294. The van der Waals surface area contributed by atoms with E-state index in [1.54, 1.807) is 19.2 Å². The van der Waals surface area contributed by atoms with Crippen LogP contribution < -0.4 is 11.1 Å². The lowest BCUT2D eigenvalue weighted by Gasteiger charge is -2.23. The molecule has 0 aliphatic rings. The van der Waals surface area contributed by atoms with E-state index in [0.29, 0.717) is 16.9 Å². The first-order valence-electron chi connectivity index (χ1n) is 7.07. The Morgan fingerprint density at radius 2 is 1.90 bits per heavy atom. The fourth-order valence-electron chi connectivity index (χ4n) is 2.29. The number of hydrogen-bond donors (Lipinski definition) is 2. The number of nitrogens with one attached hydrogen (secondary N) is 1. The van der Waals surface area contributed by atoms with E-state index < -0.39 is 0 Å². The van der Waals surface area contributed by atoms with Gasteiger partial charge < -0.3 is 11.1 Å². The minimum Gasteiger partial charge on any atom is -0.397 e. The fourth-order valence-corrected chi connectivity index (χ4v) is 2.29. The monoisotopic (exact) mass is 283 g/mol. The van der Waals surface area contributed by atoms with Crippen LogP contribution in [0.4, 0.5) is 5.69 Å². The summed E-state index contributed by atoms with van der Waals surface area (Å²) in [6, 6.07) is 11.6. The van der Waals surface area contributed by atoms with E-state index in [0.717, 1.165) is 5.56 Å². The number of carbonyl (C=O) groups is 1. The van der Waals surface area contributed by atoms with Crippen molar-refractivity contribution in [1.82, 2.24) is 10.3 Å². The van der Waals surface area contributed by atoms with E-state index in [1.165, 1.54) is 0 Å². The maximum atomic E-state index is 12.5. The van der Waals surface area contributed by atoms with Crippen LogP contribution in [-0.4, -0.2) is 10.9 Å². The van der Waals surface area contributed by atoms with Crippen molar-refractivity contribution in [2.24, 2.45) is 5.92 Å². The van der Waals surface area contributed by atoms with Crippen molar-refractivity contribution in [2.45, 2.75) is 26.8 Å². The summed E-state index contributed by atoms with van der Waals surface area (Å²) < 4.78 is 0. The maximum absolute atomic E-state index is 12.5. The van der Waals surface area contributed by atoms with Gasteiger partial charge in [-0.2, -0.15) is 0 Å². The van der Waals surface area contributed by atoms with E-state index in [-0.39, 0.29) is 17.9 Å². The molecule has 21 heavy (non-hydrogen) atoms. The second-order valence-electron chi connectivity index (χ2n) is 5.51. The quantitative estimate of drug-likeness (QED) is 0.906. The molecule has 1 heterocycles. The number of aromatic nitrogens is 1. The summed E-state index contributed by atoms with van der Waals surface area (Å²) in [6.07, 6.45) is 1.56. The zero-order valence-electron chi connectivity index (χ0n) is 12.6. The Hall–Kier alpha value is -2.36. The van der Waals surface area contributed by atoms with Crippen molar-refractivity contribution in [3.63, 3.8) is 0 Å². The van der Waals surface area contributed by atoms with E-state index in [4.69, 9.17) is 5.73 Å². The lowest BCUT2D eigenvalue weighted by Crippen LogP contribution is -2.32. The molecular formula is C17H21N3O. The third-order valence-corrected chi connectivity index (χ3v) is 3.46. The van der Waals surface area contributed by atoms with Gasteiger partial charge in [-0.05, 0) is 24.5 Å². The predicted molar refractivity (Wildman–Crippen MR) is 84.9 cm³/mol. The second kappa shape index (κ2) is 6.39. The van der Waals surface area contributed by atoms with Crippen LogP contribution in [0.2, 0.25) is 0 Å². The van der Waals surface area contributed by atoms with Gasteiger partial charge in [-0.15, -0.1) is 0 Å². The van der Waals surface area contributed by atoms with Crippen molar-refractivity contribution in [2.75, 3.05) is 5.73 Å². The average molecular weight is 283 g/mol. The van der Waals surface area contributed by atoms with Crippen molar-refractivity contribution in [3.05, 3.63) is 59.4 Å². The number of carbonyl (C=O) groups excluding carboxylic acids is 1. The smallest absolute Gasteiger partial charge is 0.253 e. The molecule has 0 radical (unpaired) electrons. The molecule has 0 aliphatic carbocycles. The topological polar surface area (TPSA) is 68.0 Å². The zero-order chi connectivity index (χ0) is 15.4. The number of hydrogen-bond acceptors (Lipinski definition) is 3. The van der Waals surface area contributed by atoms with E-state index >= 15 is 0 Å². The van der Waals surface area contributed by atoms with Crippen LogP contribution in [0, 0.1) is 12.8 Å². The minimum atomic E-state index is -0.144. The SMILES string of the molecule is Cc1ncc(N)cc1C(=O)NC(c1ccccc1)C(C)C. The molecule has 110 valence electrons. The molecule has 0 bridgehead atoms. The number of nitrogens with zero attached hydrogens (tertiary/aromatic N) is 1. The van der Waals surface area contributed by atoms with Gasteiger partial charge in [-0.1, -0.05) is 44.2 Å². The number of benzene rings is 1. The molecule has 1 aromatic heterocycles. The van der Waals surface area contributed by atoms with E-state index in [1.807, 2.05) is 30.3 Å². The van der Waals surface area contributed by atoms with Gasteiger partial charge in [0.05, 0.1) is 29.2 Å². The van der Waals surface area contributed by atoms with Gasteiger partial charge in [-0.25, -0.2) is 0 Å². The molecule has 4 heteroatoms. The molecule has 0 saturated carbocycles. The number of aryl methyl sites for hydroxylation is 1. The second-order valence-corrected chi connectivity index (χ2v) is 5.51. The van der Waals surface area contributed by atoms with Crippen molar-refractivity contribution in [1.29, 1.82) is 0 Å². The Morgan fingerprint density at radius 1 is 1.24 bits per heavy atom. The lowest BCUT2D eigenvalue weighted by atomic mass is 9.95. The number of nitrogens with two attached hydrogens (primary N) is 1. The van der Waals surface area contributed by atoms with Gasteiger partial charge in [0.15, 0.2) is 0 Å². The van der Waals surface area contributed by atoms with Gasteiger partial charge in [0.2, 0.25) is 0 Å². The number of nitrogen functional groups attached to an aromatic ring is 1. The summed E-state index contributed by atoms with van der Waals surface area (Å²) >= 11 is 0.